The molecule has 1 N–H and O–H groups in total. The first-order chi connectivity index (χ1) is 19.3. The number of carbonyl (C=O) groups is 1. The van der Waals surface area contributed by atoms with Crippen LogP contribution in [0.1, 0.15) is 27.7 Å². The Morgan fingerprint density at radius 1 is 1.00 bits per heavy atom. The lowest BCUT2D eigenvalue weighted by Gasteiger charge is -2.37. The van der Waals surface area contributed by atoms with Crippen molar-refractivity contribution in [1.82, 2.24) is 20.3 Å². The molecule has 1 amide bonds. The number of hydrogen-bond acceptors (Lipinski definition) is 8. The Labute approximate surface area is 237 Å². The number of furan rings is 1. The molecule has 208 valence electrons. The molecule has 1 aliphatic rings. The minimum absolute atomic E-state index is 0.0316. The van der Waals surface area contributed by atoms with Gasteiger partial charge in [-0.05, 0) is 36.4 Å². The zero-order valence-corrected chi connectivity index (χ0v) is 22.6. The molecule has 4 heterocycles. The number of amides is 1. The number of thioether (sulfide) groups is 1. The van der Waals surface area contributed by atoms with E-state index in [2.05, 4.69) is 25.2 Å². The molecule has 0 spiro atoms. The smallest absolute Gasteiger partial charge is 0.433 e. The summed E-state index contributed by atoms with van der Waals surface area (Å²) in [6.07, 6.45) is -3.00. The van der Waals surface area contributed by atoms with E-state index in [1.54, 1.807) is 24.4 Å². The second-order valence-electron chi connectivity index (χ2n) is 8.88. The van der Waals surface area contributed by atoms with Crippen molar-refractivity contribution in [3.05, 3.63) is 94.8 Å². The van der Waals surface area contributed by atoms with Crippen molar-refractivity contribution in [2.75, 3.05) is 36.0 Å². The van der Waals surface area contributed by atoms with Gasteiger partial charge in [0, 0.05) is 38.4 Å². The third-order valence-corrected chi connectivity index (χ3v) is 7.35. The maximum Gasteiger partial charge on any atom is 0.433 e. The molecule has 0 atom stereocenters. The van der Waals surface area contributed by atoms with Gasteiger partial charge in [0.15, 0.2) is 16.6 Å². The molecule has 0 saturated carbocycles. The Kier molecular flexibility index (Phi) is 8.46. The topological polar surface area (TPSA) is 87.4 Å². The molecule has 8 nitrogen and oxygen atoms in total. The van der Waals surface area contributed by atoms with E-state index >= 15 is 0 Å². The zero-order chi connectivity index (χ0) is 28.1. The summed E-state index contributed by atoms with van der Waals surface area (Å²) in [4.78, 5) is 28.6. The van der Waals surface area contributed by atoms with Crippen molar-refractivity contribution < 1.29 is 22.4 Å². The fraction of sp³-hybridized carbons (Fsp3) is 0.259. The first-order valence-electron chi connectivity index (χ1n) is 12.4. The Bertz CT molecular complexity index is 1460. The van der Waals surface area contributed by atoms with Crippen LogP contribution in [0, 0.1) is 0 Å². The van der Waals surface area contributed by atoms with Gasteiger partial charge in [0.05, 0.1) is 28.7 Å². The normalized spacial score (nSPS) is 13.9. The quantitative estimate of drug-likeness (QED) is 0.208. The molecule has 0 unspecified atom stereocenters. The molecule has 40 heavy (non-hydrogen) atoms. The Morgan fingerprint density at radius 2 is 1.75 bits per heavy atom. The van der Waals surface area contributed by atoms with Crippen LogP contribution in [0.15, 0.2) is 76.4 Å². The van der Waals surface area contributed by atoms with Gasteiger partial charge < -0.3 is 19.5 Å². The van der Waals surface area contributed by atoms with Crippen LogP contribution in [-0.4, -0.2) is 47.0 Å². The fourth-order valence-corrected chi connectivity index (χ4v) is 5.15. The van der Waals surface area contributed by atoms with Gasteiger partial charge in [0.25, 0.3) is 5.91 Å². The minimum atomic E-state index is -4.63. The predicted molar refractivity (Wildman–Crippen MR) is 147 cm³/mol. The largest absolute Gasteiger partial charge is 0.455 e. The number of benzene rings is 1. The number of para-hydroxylation sites is 1. The molecule has 4 aromatic rings. The molecule has 0 radical (unpaired) electrons. The number of halogens is 4. The number of hydrogen-bond donors (Lipinski definition) is 1. The molecule has 1 aliphatic heterocycles. The van der Waals surface area contributed by atoms with E-state index in [1.165, 1.54) is 6.07 Å². The molecular formula is C27H24ClF3N6O2S. The van der Waals surface area contributed by atoms with Crippen molar-refractivity contribution in [1.29, 1.82) is 0 Å². The van der Waals surface area contributed by atoms with E-state index in [-0.39, 0.29) is 29.0 Å². The van der Waals surface area contributed by atoms with Crippen LogP contribution in [0.4, 0.5) is 24.7 Å². The average molecular weight is 589 g/mol. The molecule has 1 fully saturated rings. The summed E-state index contributed by atoms with van der Waals surface area (Å²) in [6, 6.07) is 17.0. The van der Waals surface area contributed by atoms with Crippen molar-refractivity contribution in [3.63, 3.8) is 0 Å². The van der Waals surface area contributed by atoms with E-state index in [0.29, 0.717) is 42.7 Å². The van der Waals surface area contributed by atoms with Crippen molar-refractivity contribution in [2.24, 2.45) is 0 Å². The van der Waals surface area contributed by atoms with Crippen LogP contribution in [0.2, 0.25) is 5.02 Å². The molecule has 1 aromatic carbocycles. The monoisotopic (exact) mass is 588 g/mol. The first-order valence-corrected chi connectivity index (χ1v) is 13.7. The van der Waals surface area contributed by atoms with Gasteiger partial charge >= 0.3 is 6.18 Å². The van der Waals surface area contributed by atoms with Gasteiger partial charge in [-0.25, -0.2) is 9.97 Å². The summed E-state index contributed by atoms with van der Waals surface area (Å²) < 4.78 is 46.7. The third-order valence-electron chi connectivity index (χ3n) is 6.16. The molecule has 3 aromatic heterocycles. The lowest BCUT2D eigenvalue weighted by molar-refractivity contribution is -0.141. The number of alkyl halides is 3. The molecule has 13 heteroatoms. The standard InChI is InChI=1S/C27H24ClF3N6O2S/c28-20-6-1-2-7-21(20)36-11-13-37(14-12-36)24-15-23(27(29,30)31)34-26(35-24)40-17-19-8-9-22(39-19)25(38)33-16-18-5-3-4-10-32-18/h1-10,15H,11-14,16-17H2,(H,33,38). The van der Waals surface area contributed by atoms with Crippen molar-refractivity contribution in [3.8, 4) is 0 Å². The number of anilines is 2. The van der Waals surface area contributed by atoms with Crippen LogP contribution < -0.4 is 15.1 Å². The first kappa shape index (κ1) is 27.8. The second kappa shape index (κ2) is 12.2. The molecule has 1 saturated heterocycles. The Balaban J connectivity index is 1.23. The van der Waals surface area contributed by atoms with Gasteiger partial charge in [0.1, 0.15) is 11.6 Å². The summed E-state index contributed by atoms with van der Waals surface area (Å²) in [5.74, 6) is 0.430. The SMILES string of the molecule is O=C(NCc1ccccn1)c1ccc(CSc2nc(N3CCN(c4ccccc4Cl)CC3)cc(C(F)(F)F)n2)o1. The molecular weight excluding hydrogens is 565 g/mol. The number of nitrogens with one attached hydrogen (secondary N) is 1. The van der Waals surface area contributed by atoms with Crippen molar-refractivity contribution in [2.45, 2.75) is 23.6 Å². The summed E-state index contributed by atoms with van der Waals surface area (Å²) in [6.45, 7) is 2.33. The molecule has 0 aliphatic carbocycles. The zero-order valence-electron chi connectivity index (χ0n) is 21.1. The van der Waals surface area contributed by atoms with Gasteiger partial charge in [-0.15, -0.1) is 0 Å². The predicted octanol–water partition coefficient (Wildman–Crippen LogP) is 5.69. The van der Waals surface area contributed by atoms with Crippen LogP contribution in [0.3, 0.4) is 0 Å². The van der Waals surface area contributed by atoms with E-state index in [0.717, 1.165) is 23.5 Å². The Hall–Kier alpha value is -3.77. The summed E-state index contributed by atoms with van der Waals surface area (Å²) >= 11 is 7.32. The van der Waals surface area contributed by atoms with Crippen LogP contribution in [-0.2, 0) is 18.5 Å². The Morgan fingerprint density at radius 3 is 2.48 bits per heavy atom. The van der Waals surface area contributed by atoms with Crippen molar-refractivity contribution >= 4 is 40.8 Å². The maximum absolute atomic E-state index is 13.7. The van der Waals surface area contributed by atoms with Gasteiger partial charge in [0.2, 0.25) is 0 Å². The number of nitrogens with zero attached hydrogens (tertiary/aromatic N) is 5. The van der Waals surface area contributed by atoms with Crippen LogP contribution >= 0.6 is 23.4 Å². The summed E-state index contributed by atoms with van der Waals surface area (Å²) in [7, 11) is 0. The number of piperazine rings is 1. The number of rotatable bonds is 8. The lowest BCUT2D eigenvalue weighted by Crippen LogP contribution is -2.47. The maximum atomic E-state index is 13.7. The van der Waals surface area contributed by atoms with Gasteiger partial charge in [-0.3, -0.25) is 9.78 Å². The van der Waals surface area contributed by atoms with Gasteiger partial charge in [-0.1, -0.05) is 41.6 Å². The highest BCUT2D eigenvalue weighted by molar-refractivity contribution is 7.98. The highest BCUT2D eigenvalue weighted by atomic mass is 35.5. The molecule has 0 bridgehead atoms. The third kappa shape index (κ3) is 6.86. The molecule has 5 rings (SSSR count). The minimum Gasteiger partial charge on any atom is -0.455 e. The van der Waals surface area contributed by atoms with E-state index in [4.69, 9.17) is 16.0 Å². The van der Waals surface area contributed by atoms with E-state index in [9.17, 15) is 18.0 Å². The highest BCUT2D eigenvalue weighted by Gasteiger charge is 2.34. The number of pyridine rings is 1. The number of carbonyl (C=O) groups excluding carboxylic acids is 1. The summed E-state index contributed by atoms with van der Waals surface area (Å²) in [5.41, 5.74) is 0.575. The second-order valence-corrected chi connectivity index (χ2v) is 10.2. The van der Waals surface area contributed by atoms with Gasteiger partial charge in [-0.2, -0.15) is 13.2 Å². The van der Waals surface area contributed by atoms with E-state index in [1.807, 2.05) is 35.2 Å². The van der Waals surface area contributed by atoms with E-state index < -0.39 is 17.8 Å². The average Bonchev–Trinajstić information content (AvgIpc) is 3.44. The van der Waals surface area contributed by atoms with Crippen LogP contribution in [0.5, 0.6) is 0 Å². The summed E-state index contributed by atoms with van der Waals surface area (Å²) in [5, 5.41) is 3.31. The van der Waals surface area contributed by atoms with Crippen LogP contribution in [0.25, 0.3) is 0 Å². The fourth-order valence-electron chi connectivity index (χ4n) is 4.14. The highest BCUT2D eigenvalue weighted by Crippen LogP contribution is 2.33. The number of aromatic nitrogens is 3. The lowest BCUT2D eigenvalue weighted by atomic mass is 10.2.